The molecule has 4 heteroatoms. The first-order valence-corrected chi connectivity index (χ1v) is 3.86. The van der Waals surface area contributed by atoms with Gasteiger partial charge < -0.3 is 4.90 Å². The fourth-order valence-electron chi connectivity index (χ4n) is 0.867. The highest BCUT2D eigenvalue weighted by molar-refractivity contribution is 6.49. The molecular formula is C7H7Cl2NO. The first-order valence-electron chi connectivity index (χ1n) is 3.11. The molecule has 0 fully saturated rings. The van der Waals surface area contributed by atoms with Gasteiger partial charge in [0.05, 0.1) is 11.6 Å². The molecule has 0 aromatic rings. The summed E-state index contributed by atoms with van der Waals surface area (Å²) in [6, 6.07) is 0. The average molecular weight is 192 g/mol. The third kappa shape index (κ3) is 1.57. The van der Waals surface area contributed by atoms with Crippen LogP contribution in [0.2, 0.25) is 0 Å². The lowest BCUT2D eigenvalue weighted by atomic mass is 10.5. The molecule has 0 bridgehead atoms. The van der Waals surface area contributed by atoms with Gasteiger partial charge in [-0.1, -0.05) is 29.3 Å². The van der Waals surface area contributed by atoms with Crippen molar-refractivity contribution >= 4 is 29.1 Å². The summed E-state index contributed by atoms with van der Waals surface area (Å²) in [6.07, 6.45) is 1.64. The Bertz CT molecular complexity index is 235. The molecule has 0 aromatic carbocycles. The van der Waals surface area contributed by atoms with Crippen molar-refractivity contribution in [1.82, 2.24) is 4.90 Å². The van der Waals surface area contributed by atoms with Gasteiger partial charge in [0.25, 0.3) is 5.91 Å². The molecule has 0 radical (unpaired) electrons. The van der Waals surface area contributed by atoms with Crippen LogP contribution in [0, 0.1) is 0 Å². The van der Waals surface area contributed by atoms with E-state index in [1.807, 2.05) is 0 Å². The fourth-order valence-corrected chi connectivity index (χ4v) is 1.27. The lowest BCUT2D eigenvalue weighted by Crippen LogP contribution is -2.26. The molecule has 1 heterocycles. The molecule has 1 aliphatic rings. The van der Waals surface area contributed by atoms with Crippen molar-refractivity contribution < 1.29 is 4.79 Å². The summed E-state index contributed by atoms with van der Waals surface area (Å²) in [5.74, 6) is -0.212. The molecule has 0 aromatic heterocycles. The lowest BCUT2D eigenvalue weighted by Gasteiger charge is -2.11. The molecule has 11 heavy (non-hydrogen) atoms. The summed E-state index contributed by atoms with van der Waals surface area (Å²) >= 11 is 11.2. The largest absolute Gasteiger partial charge is 0.329 e. The van der Waals surface area contributed by atoms with E-state index in [0.717, 1.165) is 0 Å². The Kier molecular flexibility index (Phi) is 2.58. The van der Waals surface area contributed by atoms with E-state index in [-0.39, 0.29) is 10.9 Å². The van der Waals surface area contributed by atoms with Gasteiger partial charge in [-0.3, -0.25) is 4.79 Å². The molecule has 1 amide bonds. The van der Waals surface area contributed by atoms with E-state index < -0.39 is 0 Å². The molecule has 1 aliphatic heterocycles. The highest BCUT2D eigenvalue weighted by Gasteiger charge is 2.26. The SMILES string of the molecule is C=CCN1CC(Cl)=C(Cl)C1=O. The van der Waals surface area contributed by atoms with E-state index in [2.05, 4.69) is 6.58 Å². The zero-order valence-corrected chi connectivity index (χ0v) is 7.32. The lowest BCUT2D eigenvalue weighted by molar-refractivity contribution is -0.124. The quantitative estimate of drug-likeness (QED) is 0.609. The second kappa shape index (κ2) is 3.28. The summed E-state index contributed by atoms with van der Waals surface area (Å²) < 4.78 is 0. The third-order valence-corrected chi connectivity index (χ3v) is 2.19. The topological polar surface area (TPSA) is 20.3 Å². The molecule has 0 saturated carbocycles. The Balaban J connectivity index is 2.70. The van der Waals surface area contributed by atoms with Crippen molar-refractivity contribution in [3.05, 3.63) is 22.7 Å². The first-order chi connectivity index (χ1) is 5.16. The van der Waals surface area contributed by atoms with Crippen LogP contribution in [-0.2, 0) is 4.79 Å². The normalized spacial score (nSPS) is 18.0. The molecular weight excluding hydrogens is 185 g/mol. The molecule has 0 N–H and O–H groups in total. The molecule has 0 atom stereocenters. The Hall–Kier alpha value is -0.470. The maximum Gasteiger partial charge on any atom is 0.267 e. The highest BCUT2D eigenvalue weighted by Crippen LogP contribution is 2.24. The summed E-state index contributed by atoms with van der Waals surface area (Å²) in [7, 11) is 0. The monoisotopic (exact) mass is 191 g/mol. The summed E-state index contributed by atoms with van der Waals surface area (Å²) in [5, 5.41) is 0.548. The summed E-state index contributed by atoms with van der Waals surface area (Å²) in [5.41, 5.74) is 0. The van der Waals surface area contributed by atoms with Crippen molar-refractivity contribution in [2.45, 2.75) is 0 Å². The van der Waals surface area contributed by atoms with Crippen LogP contribution >= 0.6 is 23.2 Å². The third-order valence-electron chi connectivity index (χ3n) is 1.39. The minimum absolute atomic E-state index is 0.133. The standard InChI is InChI=1S/C7H7Cl2NO/c1-2-3-10-4-5(8)6(9)7(10)11/h2H,1,3-4H2. The van der Waals surface area contributed by atoms with Crippen molar-refractivity contribution in [3.8, 4) is 0 Å². The number of halogens is 2. The van der Waals surface area contributed by atoms with Crippen LogP contribution in [0.25, 0.3) is 0 Å². The van der Waals surface area contributed by atoms with Gasteiger partial charge in [0, 0.05) is 6.54 Å². The molecule has 60 valence electrons. The van der Waals surface area contributed by atoms with E-state index in [1.54, 1.807) is 6.08 Å². The molecule has 2 nitrogen and oxygen atoms in total. The number of nitrogens with zero attached hydrogens (tertiary/aromatic N) is 1. The van der Waals surface area contributed by atoms with Crippen molar-refractivity contribution in [1.29, 1.82) is 0 Å². The fraction of sp³-hybridized carbons (Fsp3) is 0.286. The Morgan fingerprint density at radius 1 is 1.64 bits per heavy atom. The molecule has 0 saturated heterocycles. The van der Waals surface area contributed by atoms with Crippen molar-refractivity contribution in [3.63, 3.8) is 0 Å². The number of rotatable bonds is 2. The van der Waals surface area contributed by atoms with Gasteiger partial charge in [-0.2, -0.15) is 0 Å². The second-order valence-corrected chi connectivity index (χ2v) is 3.03. The minimum atomic E-state index is -0.212. The number of carbonyl (C=O) groups is 1. The van der Waals surface area contributed by atoms with E-state index >= 15 is 0 Å². The zero-order chi connectivity index (χ0) is 8.43. The van der Waals surface area contributed by atoms with Gasteiger partial charge in [0.1, 0.15) is 5.03 Å². The maximum atomic E-state index is 11.1. The number of hydrogen-bond donors (Lipinski definition) is 0. The van der Waals surface area contributed by atoms with Crippen LogP contribution in [-0.4, -0.2) is 23.9 Å². The van der Waals surface area contributed by atoms with Crippen LogP contribution < -0.4 is 0 Å². The van der Waals surface area contributed by atoms with E-state index in [0.29, 0.717) is 18.1 Å². The van der Waals surface area contributed by atoms with Gasteiger partial charge in [-0.15, -0.1) is 6.58 Å². The van der Waals surface area contributed by atoms with E-state index in [4.69, 9.17) is 23.2 Å². The smallest absolute Gasteiger partial charge is 0.267 e. The van der Waals surface area contributed by atoms with Crippen molar-refractivity contribution in [2.75, 3.05) is 13.1 Å². The molecule has 0 spiro atoms. The highest BCUT2D eigenvalue weighted by atomic mass is 35.5. The zero-order valence-electron chi connectivity index (χ0n) is 5.81. The summed E-state index contributed by atoms with van der Waals surface area (Å²) in [6.45, 7) is 4.41. The van der Waals surface area contributed by atoms with Gasteiger partial charge in [-0.25, -0.2) is 0 Å². The molecule has 0 aliphatic carbocycles. The van der Waals surface area contributed by atoms with Crippen LogP contribution in [0.4, 0.5) is 0 Å². The Morgan fingerprint density at radius 3 is 2.64 bits per heavy atom. The predicted molar refractivity (Wildman–Crippen MR) is 45.5 cm³/mol. The number of carbonyl (C=O) groups excluding carboxylic acids is 1. The summed E-state index contributed by atoms with van der Waals surface area (Å²) in [4.78, 5) is 12.6. The number of amides is 1. The number of hydrogen-bond acceptors (Lipinski definition) is 1. The van der Waals surface area contributed by atoms with Gasteiger partial charge >= 0.3 is 0 Å². The molecule has 1 rings (SSSR count). The Morgan fingerprint density at radius 2 is 2.27 bits per heavy atom. The van der Waals surface area contributed by atoms with Crippen LogP contribution in [0.5, 0.6) is 0 Å². The second-order valence-electron chi connectivity index (χ2n) is 2.19. The average Bonchev–Trinajstić information content (AvgIpc) is 2.19. The van der Waals surface area contributed by atoms with Crippen molar-refractivity contribution in [2.24, 2.45) is 0 Å². The first kappa shape index (κ1) is 8.62. The maximum absolute atomic E-state index is 11.1. The van der Waals surface area contributed by atoms with Crippen LogP contribution in [0.3, 0.4) is 0 Å². The minimum Gasteiger partial charge on any atom is -0.329 e. The van der Waals surface area contributed by atoms with Crippen LogP contribution in [0.15, 0.2) is 22.7 Å². The van der Waals surface area contributed by atoms with Crippen LogP contribution in [0.1, 0.15) is 0 Å². The van der Waals surface area contributed by atoms with Gasteiger partial charge in [0.15, 0.2) is 0 Å². The van der Waals surface area contributed by atoms with Gasteiger partial charge in [-0.05, 0) is 0 Å². The molecule has 0 unspecified atom stereocenters. The van der Waals surface area contributed by atoms with E-state index in [1.165, 1.54) is 4.90 Å². The van der Waals surface area contributed by atoms with Gasteiger partial charge in [0.2, 0.25) is 0 Å². The van der Waals surface area contributed by atoms with E-state index in [9.17, 15) is 4.79 Å². The Labute approximate surface area is 75.1 Å². The predicted octanol–water partition coefficient (Wildman–Crippen LogP) is 1.70.